The molecule has 1 heterocycles. The zero-order chi connectivity index (χ0) is 16.1. The van der Waals surface area contributed by atoms with Crippen LogP contribution < -0.4 is 4.90 Å². The van der Waals surface area contributed by atoms with Gasteiger partial charge in [0.15, 0.2) is 0 Å². The van der Waals surface area contributed by atoms with Gasteiger partial charge in [-0.25, -0.2) is 9.59 Å². The number of benzene rings is 1. The topological polar surface area (TPSA) is 55.8 Å². The number of anilines is 1. The van der Waals surface area contributed by atoms with Crippen LogP contribution in [-0.4, -0.2) is 26.2 Å². The van der Waals surface area contributed by atoms with Crippen molar-refractivity contribution in [1.29, 1.82) is 0 Å². The zero-order valence-corrected chi connectivity index (χ0v) is 12.8. The Labute approximate surface area is 133 Å². The summed E-state index contributed by atoms with van der Waals surface area (Å²) < 4.78 is 9.55. The number of methoxy groups -OCH3 is 2. The lowest BCUT2D eigenvalue weighted by Gasteiger charge is -2.23. The SMILES string of the molecule is COC(=O)C1=C(C(=O)OC)N(c2ccc(Cl)cc2)C=CC=C1. The van der Waals surface area contributed by atoms with E-state index in [1.54, 1.807) is 47.5 Å². The van der Waals surface area contributed by atoms with Crippen molar-refractivity contribution in [2.45, 2.75) is 0 Å². The number of allylic oxidation sites excluding steroid dienone is 2. The van der Waals surface area contributed by atoms with Gasteiger partial charge >= 0.3 is 11.9 Å². The van der Waals surface area contributed by atoms with E-state index in [9.17, 15) is 9.59 Å². The molecule has 0 spiro atoms. The maximum atomic E-state index is 12.2. The average molecular weight is 320 g/mol. The molecule has 0 atom stereocenters. The molecule has 2 rings (SSSR count). The van der Waals surface area contributed by atoms with Crippen molar-refractivity contribution in [3.8, 4) is 0 Å². The minimum atomic E-state index is -0.647. The Morgan fingerprint density at radius 2 is 1.64 bits per heavy atom. The summed E-state index contributed by atoms with van der Waals surface area (Å²) in [5.74, 6) is -1.27. The monoisotopic (exact) mass is 319 g/mol. The van der Waals surface area contributed by atoms with Crippen molar-refractivity contribution < 1.29 is 19.1 Å². The highest BCUT2D eigenvalue weighted by molar-refractivity contribution is 6.30. The standard InChI is InChI=1S/C16H14ClNO4/c1-21-15(19)13-5-3-4-10-18(14(13)16(20)22-2)12-8-6-11(17)7-9-12/h3-10H,1-2H3. The van der Waals surface area contributed by atoms with Crippen molar-refractivity contribution >= 4 is 29.2 Å². The van der Waals surface area contributed by atoms with E-state index in [0.717, 1.165) is 0 Å². The second-order valence-corrected chi connectivity index (χ2v) is 4.73. The number of nitrogens with zero attached hydrogens (tertiary/aromatic N) is 1. The number of carbonyl (C=O) groups is 2. The van der Waals surface area contributed by atoms with E-state index in [1.807, 2.05) is 0 Å². The molecular formula is C16H14ClNO4. The molecule has 1 aromatic carbocycles. The second-order valence-electron chi connectivity index (χ2n) is 4.29. The molecule has 1 aromatic rings. The van der Waals surface area contributed by atoms with Gasteiger partial charge in [0, 0.05) is 16.9 Å². The van der Waals surface area contributed by atoms with E-state index in [4.69, 9.17) is 21.1 Å². The summed E-state index contributed by atoms with van der Waals surface area (Å²) in [4.78, 5) is 25.7. The molecule has 0 unspecified atom stereocenters. The van der Waals surface area contributed by atoms with E-state index < -0.39 is 11.9 Å². The molecule has 114 valence electrons. The van der Waals surface area contributed by atoms with Gasteiger partial charge in [-0.05, 0) is 36.4 Å². The number of ether oxygens (including phenoxy) is 2. The van der Waals surface area contributed by atoms with E-state index in [1.165, 1.54) is 20.3 Å². The van der Waals surface area contributed by atoms with Gasteiger partial charge in [0.05, 0.1) is 19.8 Å². The van der Waals surface area contributed by atoms with Gasteiger partial charge in [-0.15, -0.1) is 0 Å². The first-order valence-electron chi connectivity index (χ1n) is 6.39. The Kier molecular flexibility index (Phi) is 5.01. The summed E-state index contributed by atoms with van der Waals surface area (Å²) in [6.07, 6.45) is 6.50. The van der Waals surface area contributed by atoms with E-state index in [0.29, 0.717) is 10.7 Å². The van der Waals surface area contributed by atoms with Crippen LogP contribution in [0.3, 0.4) is 0 Å². The number of hydrogen-bond donors (Lipinski definition) is 0. The second kappa shape index (κ2) is 6.95. The average Bonchev–Trinajstić information content (AvgIpc) is 2.77. The van der Waals surface area contributed by atoms with Crippen molar-refractivity contribution in [2.75, 3.05) is 19.1 Å². The molecule has 0 N–H and O–H groups in total. The molecule has 5 nitrogen and oxygen atoms in total. The first-order chi connectivity index (χ1) is 10.6. The van der Waals surface area contributed by atoms with Crippen LogP contribution in [0.2, 0.25) is 5.02 Å². The van der Waals surface area contributed by atoms with Crippen molar-refractivity contribution in [3.05, 3.63) is 65.0 Å². The Hall–Kier alpha value is -2.53. The Balaban J connectivity index is 2.61. The van der Waals surface area contributed by atoms with Crippen LogP contribution in [0.25, 0.3) is 0 Å². The molecule has 1 aliphatic heterocycles. The molecule has 22 heavy (non-hydrogen) atoms. The fourth-order valence-corrected chi connectivity index (χ4v) is 2.09. The fourth-order valence-electron chi connectivity index (χ4n) is 1.97. The van der Waals surface area contributed by atoms with Crippen molar-refractivity contribution in [2.24, 2.45) is 0 Å². The molecule has 0 aromatic heterocycles. The van der Waals surface area contributed by atoms with Crippen LogP contribution in [0, 0.1) is 0 Å². The lowest BCUT2D eigenvalue weighted by molar-refractivity contribution is -0.139. The van der Waals surface area contributed by atoms with Crippen LogP contribution in [-0.2, 0) is 19.1 Å². The molecule has 0 radical (unpaired) electrons. The minimum Gasteiger partial charge on any atom is -0.465 e. The predicted octanol–water partition coefficient (Wildman–Crippen LogP) is 2.83. The first-order valence-corrected chi connectivity index (χ1v) is 6.77. The van der Waals surface area contributed by atoms with Crippen LogP contribution >= 0.6 is 11.6 Å². The molecule has 0 fully saturated rings. The van der Waals surface area contributed by atoms with E-state index in [-0.39, 0.29) is 11.3 Å². The summed E-state index contributed by atoms with van der Waals surface area (Å²) in [6.45, 7) is 0. The largest absolute Gasteiger partial charge is 0.465 e. The first kappa shape index (κ1) is 15.9. The number of esters is 2. The van der Waals surface area contributed by atoms with Gasteiger partial charge < -0.3 is 14.4 Å². The third kappa shape index (κ3) is 3.20. The Morgan fingerprint density at radius 1 is 1.00 bits per heavy atom. The lowest BCUT2D eigenvalue weighted by atomic mass is 10.1. The number of halogens is 1. The normalized spacial score (nSPS) is 13.9. The van der Waals surface area contributed by atoms with Gasteiger partial charge in [-0.3, -0.25) is 0 Å². The lowest BCUT2D eigenvalue weighted by Crippen LogP contribution is -2.26. The van der Waals surface area contributed by atoms with Crippen molar-refractivity contribution in [3.63, 3.8) is 0 Å². The highest BCUT2D eigenvalue weighted by Gasteiger charge is 2.27. The van der Waals surface area contributed by atoms with Crippen LogP contribution in [0.4, 0.5) is 5.69 Å². The van der Waals surface area contributed by atoms with Gasteiger partial charge in [-0.2, -0.15) is 0 Å². The highest BCUT2D eigenvalue weighted by Crippen LogP contribution is 2.27. The van der Waals surface area contributed by atoms with Crippen LogP contribution in [0.5, 0.6) is 0 Å². The van der Waals surface area contributed by atoms with Gasteiger partial charge in [0.1, 0.15) is 5.70 Å². The van der Waals surface area contributed by atoms with Gasteiger partial charge in [0.25, 0.3) is 0 Å². The summed E-state index contributed by atoms with van der Waals surface area (Å²) in [6, 6.07) is 6.84. The minimum absolute atomic E-state index is 0.0710. The third-order valence-electron chi connectivity index (χ3n) is 2.99. The van der Waals surface area contributed by atoms with Gasteiger partial charge in [-0.1, -0.05) is 17.7 Å². The summed E-state index contributed by atoms with van der Waals surface area (Å²) in [5.41, 5.74) is 0.835. The Bertz CT molecular complexity index is 674. The summed E-state index contributed by atoms with van der Waals surface area (Å²) >= 11 is 5.88. The van der Waals surface area contributed by atoms with Gasteiger partial charge in [0.2, 0.25) is 0 Å². The van der Waals surface area contributed by atoms with E-state index in [2.05, 4.69) is 0 Å². The van der Waals surface area contributed by atoms with Crippen LogP contribution in [0.1, 0.15) is 0 Å². The molecule has 0 saturated carbocycles. The molecule has 0 amide bonds. The summed E-state index contributed by atoms with van der Waals surface area (Å²) in [5, 5.41) is 0.567. The molecule has 6 heteroatoms. The third-order valence-corrected chi connectivity index (χ3v) is 3.25. The Morgan fingerprint density at radius 3 is 2.23 bits per heavy atom. The predicted molar refractivity (Wildman–Crippen MR) is 83.3 cm³/mol. The fraction of sp³-hybridized carbons (Fsp3) is 0.125. The zero-order valence-electron chi connectivity index (χ0n) is 12.1. The maximum absolute atomic E-state index is 12.2. The molecule has 0 bridgehead atoms. The molecule has 1 aliphatic rings. The molecule has 0 saturated heterocycles. The number of hydrogen-bond acceptors (Lipinski definition) is 5. The highest BCUT2D eigenvalue weighted by atomic mass is 35.5. The quantitative estimate of drug-likeness (QED) is 0.802. The van der Waals surface area contributed by atoms with Crippen LogP contribution in [0.15, 0.2) is 60.0 Å². The number of rotatable bonds is 3. The summed E-state index contributed by atoms with van der Waals surface area (Å²) in [7, 11) is 2.51. The van der Waals surface area contributed by atoms with Crippen molar-refractivity contribution in [1.82, 2.24) is 0 Å². The van der Waals surface area contributed by atoms with E-state index >= 15 is 0 Å². The maximum Gasteiger partial charge on any atom is 0.355 e. The number of carbonyl (C=O) groups excluding carboxylic acids is 2. The smallest absolute Gasteiger partial charge is 0.355 e. The molecular weight excluding hydrogens is 306 g/mol. The molecule has 0 aliphatic carbocycles.